The van der Waals surface area contributed by atoms with Crippen LogP contribution >= 0.6 is 0 Å². The molecule has 0 bridgehead atoms. The SMILES string of the molecule is CN(C)C(=O)C1(n2cccn2)CCN(C(=O)Cn2ccnn2)CC1. The van der Waals surface area contributed by atoms with Gasteiger partial charge in [0.2, 0.25) is 11.8 Å². The van der Waals surface area contributed by atoms with Gasteiger partial charge in [0.15, 0.2) is 0 Å². The Morgan fingerprint density at radius 1 is 1.17 bits per heavy atom. The maximum atomic E-state index is 12.8. The van der Waals surface area contributed by atoms with E-state index in [9.17, 15) is 9.59 Å². The first-order chi connectivity index (χ1) is 11.5. The summed E-state index contributed by atoms with van der Waals surface area (Å²) in [6.45, 7) is 1.18. The lowest BCUT2D eigenvalue weighted by Gasteiger charge is -2.41. The van der Waals surface area contributed by atoms with Crippen LogP contribution < -0.4 is 0 Å². The first-order valence-electron chi connectivity index (χ1n) is 7.87. The van der Waals surface area contributed by atoms with Crippen LogP contribution in [-0.2, 0) is 21.7 Å². The normalized spacial score (nSPS) is 16.8. The Labute approximate surface area is 139 Å². The number of nitrogens with zero attached hydrogens (tertiary/aromatic N) is 7. The van der Waals surface area contributed by atoms with Crippen molar-refractivity contribution in [2.24, 2.45) is 0 Å². The molecular weight excluding hydrogens is 310 g/mol. The van der Waals surface area contributed by atoms with E-state index >= 15 is 0 Å². The maximum Gasteiger partial charge on any atom is 0.250 e. The first-order valence-corrected chi connectivity index (χ1v) is 7.87. The number of likely N-dealkylation sites (tertiary alicyclic amines) is 1. The summed E-state index contributed by atoms with van der Waals surface area (Å²) in [6, 6.07) is 1.81. The summed E-state index contributed by atoms with van der Waals surface area (Å²) >= 11 is 0. The lowest BCUT2D eigenvalue weighted by atomic mass is 9.86. The van der Waals surface area contributed by atoms with Crippen molar-refractivity contribution in [1.82, 2.24) is 34.6 Å². The molecule has 9 heteroatoms. The number of likely N-dealkylation sites (N-methyl/N-ethyl adjacent to an activating group) is 1. The highest BCUT2D eigenvalue weighted by Crippen LogP contribution is 2.31. The molecule has 128 valence electrons. The average molecular weight is 331 g/mol. The molecule has 1 aliphatic heterocycles. The highest BCUT2D eigenvalue weighted by Gasteiger charge is 2.45. The monoisotopic (exact) mass is 331 g/mol. The average Bonchev–Trinajstić information content (AvgIpc) is 3.27. The van der Waals surface area contributed by atoms with Crippen LogP contribution in [0.4, 0.5) is 0 Å². The third-order valence-electron chi connectivity index (χ3n) is 4.46. The summed E-state index contributed by atoms with van der Waals surface area (Å²) in [5.41, 5.74) is -0.725. The number of aromatic nitrogens is 5. The van der Waals surface area contributed by atoms with Crippen LogP contribution in [0, 0.1) is 0 Å². The second-order valence-corrected chi connectivity index (χ2v) is 6.16. The van der Waals surface area contributed by atoms with Crippen LogP contribution in [0.5, 0.6) is 0 Å². The molecule has 0 aromatic carbocycles. The summed E-state index contributed by atoms with van der Waals surface area (Å²) < 4.78 is 3.23. The number of carbonyl (C=O) groups excluding carboxylic acids is 2. The summed E-state index contributed by atoms with van der Waals surface area (Å²) in [5.74, 6) is -0.0126. The third kappa shape index (κ3) is 2.89. The second kappa shape index (κ2) is 6.42. The number of hydrogen-bond donors (Lipinski definition) is 0. The van der Waals surface area contributed by atoms with Gasteiger partial charge in [-0.05, 0) is 18.9 Å². The Morgan fingerprint density at radius 2 is 1.92 bits per heavy atom. The van der Waals surface area contributed by atoms with Gasteiger partial charge in [-0.25, -0.2) is 4.68 Å². The van der Waals surface area contributed by atoms with Crippen LogP contribution in [0.3, 0.4) is 0 Å². The molecule has 1 saturated heterocycles. The molecule has 1 aliphatic rings. The van der Waals surface area contributed by atoms with Crippen molar-refractivity contribution < 1.29 is 9.59 Å². The van der Waals surface area contributed by atoms with Crippen molar-refractivity contribution in [1.29, 1.82) is 0 Å². The van der Waals surface area contributed by atoms with Crippen molar-refractivity contribution in [2.45, 2.75) is 24.9 Å². The fourth-order valence-corrected chi connectivity index (χ4v) is 3.16. The zero-order chi connectivity index (χ0) is 17.2. The second-order valence-electron chi connectivity index (χ2n) is 6.16. The summed E-state index contributed by atoms with van der Waals surface area (Å²) in [4.78, 5) is 28.5. The molecule has 0 saturated carbocycles. The van der Waals surface area contributed by atoms with Gasteiger partial charge in [-0.2, -0.15) is 5.10 Å². The Balaban J connectivity index is 1.73. The van der Waals surface area contributed by atoms with E-state index < -0.39 is 5.54 Å². The lowest BCUT2D eigenvalue weighted by Crippen LogP contribution is -2.56. The van der Waals surface area contributed by atoms with Gasteiger partial charge in [0, 0.05) is 45.8 Å². The topological polar surface area (TPSA) is 89.2 Å². The van der Waals surface area contributed by atoms with Crippen LogP contribution in [0.25, 0.3) is 0 Å². The van der Waals surface area contributed by atoms with Gasteiger partial charge in [0.25, 0.3) is 0 Å². The van der Waals surface area contributed by atoms with Gasteiger partial charge in [-0.15, -0.1) is 5.10 Å². The Hall–Kier alpha value is -2.71. The molecule has 0 radical (unpaired) electrons. The van der Waals surface area contributed by atoms with E-state index in [-0.39, 0.29) is 18.4 Å². The quantitative estimate of drug-likeness (QED) is 0.759. The number of carbonyl (C=O) groups is 2. The number of piperidine rings is 1. The molecule has 9 nitrogen and oxygen atoms in total. The van der Waals surface area contributed by atoms with Gasteiger partial charge in [0.05, 0.1) is 6.20 Å². The minimum atomic E-state index is -0.725. The van der Waals surface area contributed by atoms with E-state index in [1.807, 2.05) is 12.3 Å². The maximum absolute atomic E-state index is 12.8. The van der Waals surface area contributed by atoms with Crippen LogP contribution in [-0.4, -0.2) is 73.6 Å². The molecule has 1 fully saturated rings. The molecule has 0 atom stereocenters. The van der Waals surface area contributed by atoms with E-state index in [0.29, 0.717) is 25.9 Å². The standard InChI is InChI=1S/C15H21N7O2/c1-19(2)14(24)15(22-8-3-6-17-22)4-9-20(10-5-15)13(23)12-21-11-7-16-18-21/h3,6-8,11H,4-5,9-10,12H2,1-2H3. The summed E-state index contributed by atoms with van der Waals surface area (Å²) in [7, 11) is 3.49. The molecule has 2 amide bonds. The highest BCUT2D eigenvalue weighted by molar-refractivity contribution is 5.85. The minimum absolute atomic E-state index is 0.00887. The van der Waals surface area contributed by atoms with E-state index in [2.05, 4.69) is 15.4 Å². The molecule has 3 heterocycles. The van der Waals surface area contributed by atoms with Crippen molar-refractivity contribution in [3.63, 3.8) is 0 Å². The molecular formula is C15H21N7O2. The molecule has 0 N–H and O–H groups in total. The molecule has 24 heavy (non-hydrogen) atoms. The largest absolute Gasteiger partial charge is 0.347 e. The van der Waals surface area contributed by atoms with Crippen molar-refractivity contribution >= 4 is 11.8 Å². The van der Waals surface area contributed by atoms with E-state index in [1.54, 1.807) is 47.2 Å². The lowest BCUT2D eigenvalue weighted by molar-refractivity contribution is -0.145. The molecule has 2 aromatic heterocycles. The van der Waals surface area contributed by atoms with Gasteiger partial charge < -0.3 is 9.80 Å². The number of amides is 2. The van der Waals surface area contributed by atoms with Crippen LogP contribution in [0.1, 0.15) is 12.8 Å². The fraction of sp³-hybridized carbons (Fsp3) is 0.533. The van der Waals surface area contributed by atoms with Gasteiger partial charge in [0.1, 0.15) is 12.1 Å². The Bertz CT molecular complexity index is 685. The predicted octanol–water partition coefficient (Wildman–Crippen LogP) is -0.419. The van der Waals surface area contributed by atoms with Crippen molar-refractivity contribution in [3.05, 3.63) is 30.9 Å². The van der Waals surface area contributed by atoms with Gasteiger partial charge >= 0.3 is 0 Å². The molecule has 0 spiro atoms. The summed E-state index contributed by atoms with van der Waals surface area (Å²) in [6.07, 6.45) is 7.76. The van der Waals surface area contributed by atoms with Gasteiger partial charge in [-0.1, -0.05) is 5.21 Å². The zero-order valence-electron chi connectivity index (χ0n) is 13.9. The van der Waals surface area contributed by atoms with Crippen LogP contribution in [0.2, 0.25) is 0 Å². The zero-order valence-corrected chi connectivity index (χ0v) is 13.9. The summed E-state index contributed by atoms with van der Waals surface area (Å²) in [5, 5.41) is 11.8. The fourth-order valence-electron chi connectivity index (χ4n) is 3.16. The first kappa shape index (κ1) is 16.2. The molecule has 3 rings (SSSR count). The van der Waals surface area contributed by atoms with Crippen molar-refractivity contribution in [2.75, 3.05) is 27.2 Å². The highest BCUT2D eigenvalue weighted by atomic mass is 16.2. The van der Waals surface area contributed by atoms with Gasteiger partial charge in [-0.3, -0.25) is 14.3 Å². The van der Waals surface area contributed by atoms with Crippen LogP contribution in [0.15, 0.2) is 30.9 Å². The van der Waals surface area contributed by atoms with E-state index in [1.165, 1.54) is 4.68 Å². The predicted molar refractivity (Wildman–Crippen MR) is 84.7 cm³/mol. The smallest absolute Gasteiger partial charge is 0.250 e. The van der Waals surface area contributed by atoms with E-state index in [4.69, 9.17) is 0 Å². The number of rotatable bonds is 4. The van der Waals surface area contributed by atoms with E-state index in [0.717, 1.165) is 0 Å². The third-order valence-corrected chi connectivity index (χ3v) is 4.46. The van der Waals surface area contributed by atoms with Crippen molar-refractivity contribution in [3.8, 4) is 0 Å². The Kier molecular flexibility index (Phi) is 4.32. The minimum Gasteiger partial charge on any atom is -0.347 e. The Morgan fingerprint density at radius 3 is 2.46 bits per heavy atom. The molecule has 2 aromatic rings. The molecule has 0 aliphatic carbocycles. The number of hydrogen-bond acceptors (Lipinski definition) is 5. The molecule has 0 unspecified atom stereocenters.